The molecule has 170 valence electrons. The number of benzene rings is 2. The zero-order chi connectivity index (χ0) is 23.6. The third kappa shape index (κ3) is 6.78. The number of nitrogens with one attached hydrogen (secondary N) is 1. The van der Waals surface area contributed by atoms with Gasteiger partial charge in [0.1, 0.15) is 18.6 Å². The molecule has 0 aliphatic rings. The zero-order valence-electron chi connectivity index (χ0n) is 18.0. The highest BCUT2D eigenvalue weighted by Crippen LogP contribution is 2.34. The van der Waals surface area contributed by atoms with E-state index in [2.05, 4.69) is 22.1 Å². The van der Waals surface area contributed by atoms with Crippen molar-refractivity contribution in [2.24, 2.45) is 5.10 Å². The number of hydrogen-bond donors (Lipinski definition) is 1. The summed E-state index contributed by atoms with van der Waals surface area (Å²) in [5.74, 6) is 1.63. The number of hydrogen-bond acceptors (Lipinski definition) is 7. The molecule has 0 saturated carbocycles. The summed E-state index contributed by atoms with van der Waals surface area (Å²) in [4.78, 5) is 14.2. The standard InChI is InChI=1S/C24H23ClN4O4/c1-3-5-19-12-18(14-27-28-23-11-10-21(15-26-23)29(30)31)13-22(32-4-2)24(19)33-16-17-6-8-20(25)9-7-17/h3,6-15H,1,4-5,16H2,2H3,(H,26,28)/b27-14+. The monoisotopic (exact) mass is 466 g/mol. The van der Waals surface area contributed by atoms with Crippen molar-refractivity contribution >= 4 is 29.3 Å². The highest BCUT2D eigenvalue weighted by Gasteiger charge is 2.13. The Kier molecular flexibility index (Phi) is 8.37. The first-order valence-electron chi connectivity index (χ1n) is 10.2. The van der Waals surface area contributed by atoms with Gasteiger partial charge in [-0.15, -0.1) is 6.58 Å². The Balaban J connectivity index is 1.80. The van der Waals surface area contributed by atoms with Crippen LogP contribution in [0, 0.1) is 10.1 Å². The lowest BCUT2D eigenvalue weighted by atomic mass is 10.1. The van der Waals surface area contributed by atoms with Crippen LogP contribution in [-0.2, 0) is 13.0 Å². The lowest BCUT2D eigenvalue weighted by Crippen LogP contribution is -2.04. The summed E-state index contributed by atoms with van der Waals surface area (Å²) >= 11 is 5.96. The Morgan fingerprint density at radius 1 is 1.21 bits per heavy atom. The van der Waals surface area contributed by atoms with Crippen LogP contribution in [0.4, 0.5) is 11.5 Å². The minimum Gasteiger partial charge on any atom is -0.490 e. The SMILES string of the molecule is C=CCc1cc(/C=N/Nc2ccc([N+](=O)[O-])cn2)cc(OCC)c1OCc1ccc(Cl)cc1. The number of anilines is 1. The van der Waals surface area contributed by atoms with E-state index in [9.17, 15) is 10.1 Å². The quantitative estimate of drug-likeness (QED) is 0.166. The van der Waals surface area contributed by atoms with Crippen LogP contribution in [-0.4, -0.2) is 22.7 Å². The molecule has 3 aromatic rings. The van der Waals surface area contributed by atoms with Crippen LogP contribution in [0.3, 0.4) is 0 Å². The predicted octanol–water partition coefficient (Wildman–Crippen LogP) is 5.80. The molecule has 0 aliphatic heterocycles. The molecule has 0 amide bonds. The fraction of sp³-hybridized carbons (Fsp3) is 0.167. The number of halogens is 1. The van der Waals surface area contributed by atoms with Gasteiger partial charge in [-0.1, -0.05) is 29.8 Å². The van der Waals surface area contributed by atoms with E-state index in [4.69, 9.17) is 21.1 Å². The van der Waals surface area contributed by atoms with Crippen LogP contribution in [0.25, 0.3) is 0 Å². The Hall–Kier alpha value is -3.91. The van der Waals surface area contributed by atoms with E-state index in [1.165, 1.54) is 18.3 Å². The highest BCUT2D eigenvalue weighted by atomic mass is 35.5. The van der Waals surface area contributed by atoms with E-state index >= 15 is 0 Å². The van der Waals surface area contributed by atoms with Gasteiger partial charge in [-0.3, -0.25) is 15.5 Å². The second-order valence-electron chi connectivity index (χ2n) is 6.88. The maximum atomic E-state index is 10.7. The number of ether oxygens (including phenoxy) is 2. The molecular formula is C24H23ClN4O4. The van der Waals surface area contributed by atoms with Gasteiger partial charge in [0.05, 0.1) is 17.7 Å². The molecule has 9 heteroatoms. The molecule has 0 radical (unpaired) electrons. The Bertz CT molecular complexity index is 1130. The maximum Gasteiger partial charge on any atom is 0.287 e. The van der Waals surface area contributed by atoms with Crippen LogP contribution in [0.1, 0.15) is 23.6 Å². The fourth-order valence-corrected chi connectivity index (χ4v) is 3.09. The average molecular weight is 467 g/mol. The van der Waals surface area contributed by atoms with Crippen molar-refractivity contribution in [2.75, 3.05) is 12.0 Å². The molecule has 0 saturated heterocycles. The molecule has 1 N–H and O–H groups in total. The van der Waals surface area contributed by atoms with Gasteiger partial charge in [-0.2, -0.15) is 5.10 Å². The van der Waals surface area contributed by atoms with Gasteiger partial charge < -0.3 is 9.47 Å². The van der Waals surface area contributed by atoms with Gasteiger partial charge in [0.2, 0.25) is 0 Å². The van der Waals surface area contributed by atoms with Crippen molar-refractivity contribution in [1.29, 1.82) is 0 Å². The summed E-state index contributed by atoms with van der Waals surface area (Å²) < 4.78 is 12.0. The molecule has 3 rings (SSSR count). The van der Waals surface area contributed by atoms with Gasteiger partial charge in [-0.25, -0.2) is 4.98 Å². The molecule has 1 heterocycles. The van der Waals surface area contributed by atoms with Crippen LogP contribution in [0.5, 0.6) is 11.5 Å². The molecule has 33 heavy (non-hydrogen) atoms. The smallest absolute Gasteiger partial charge is 0.287 e. The molecule has 0 fully saturated rings. The number of hydrazone groups is 1. The number of rotatable bonds is 11. The summed E-state index contributed by atoms with van der Waals surface area (Å²) in [5, 5.41) is 15.6. The first-order chi connectivity index (χ1) is 16.0. The van der Waals surface area contributed by atoms with Crippen LogP contribution in [0.15, 0.2) is 72.5 Å². The van der Waals surface area contributed by atoms with Gasteiger partial charge >= 0.3 is 0 Å². The number of allylic oxidation sites excluding steroid dienone is 1. The Morgan fingerprint density at radius 2 is 2.00 bits per heavy atom. The molecule has 0 aliphatic carbocycles. The predicted molar refractivity (Wildman–Crippen MR) is 129 cm³/mol. The molecule has 0 atom stereocenters. The molecule has 1 aromatic heterocycles. The Labute approximate surface area is 196 Å². The average Bonchev–Trinajstić information content (AvgIpc) is 2.80. The van der Waals surface area contributed by atoms with Crippen LogP contribution >= 0.6 is 11.6 Å². The van der Waals surface area contributed by atoms with E-state index in [0.717, 1.165) is 16.7 Å². The van der Waals surface area contributed by atoms with E-state index in [0.29, 0.717) is 42.0 Å². The first kappa shape index (κ1) is 23.7. The summed E-state index contributed by atoms with van der Waals surface area (Å²) in [6, 6.07) is 14.1. The van der Waals surface area contributed by atoms with E-state index < -0.39 is 4.92 Å². The van der Waals surface area contributed by atoms with Crippen LogP contribution < -0.4 is 14.9 Å². The molecular weight excluding hydrogens is 444 g/mol. The minimum atomic E-state index is -0.507. The zero-order valence-corrected chi connectivity index (χ0v) is 18.8. The van der Waals surface area contributed by atoms with Crippen molar-refractivity contribution in [3.05, 3.63) is 99.2 Å². The molecule has 8 nitrogen and oxygen atoms in total. The second kappa shape index (κ2) is 11.6. The summed E-state index contributed by atoms with van der Waals surface area (Å²) in [6.45, 7) is 6.57. The highest BCUT2D eigenvalue weighted by molar-refractivity contribution is 6.30. The lowest BCUT2D eigenvalue weighted by Gasteiger charge is -2.17. The maximum absolute atomic E-state index is 10.7. The van der Waals surface area contributed by atoms with Crippen molar-refractivity contribution in [3.8, 4) is 11.5 Å². The Morgan fingerprint density at radius 3 is 2.64 bits per heavy atom. The third-order valence-corrected chi connectivity index (χ3v) is 4.72. The van der Waals surface area contributed by atoms with Gasteiger partial charge in [0.15, 0.2) is 11.5 Å². The van der Waals surface area contributed by atoms with E-state index in [1.807, 2.05) is 43.3 Å². The van der Waals surface area contributed by atoms with Crippen molar-refractivity contribution in [3.63, 3.8) is 0 Å². The topological polar surface area (TPSA) is 98.9 Å². The van der Waals surface area contributed by atoms with E-state index in [1.54, 1.807) is 12.3 Å². The van der Waals surface area contributed by atoms with Crippen molar-refractivity contribution < 1.29 is 14.4 Å². The normalized spacial score (nSPS) is 10.7. The number of aromatic nitrogens is 1. The van der Waals surface area contributed by atoms with E-state index in [-0.39, 0.29) is 5.69 Å². The van der Waals surface area contributed by atoms with Gasteiger partial charge in [-0.05, 0) is 54.8 Å². The van der Waals surface area contributed by atoms with Gasteiger partial charge in [0.25, 0.3) is 5.69 Å². The van der Waals surface area contributed by atoms with Gasteiger partial charge in [0, 0.05) is 16.7 Å². The first-order valence-corrected chi connectivity index (χ1v) is 10.5. The van der Waals surface area contributed by atoms with Crippen LogP contribution in [0.2, 0.25) is 5.02 Å². The number of nitrogens with zero attached hydrogens (tertiary/aromatic N) is 3. The molecule has 0 unspecified atom stereocenters. The second-order valence-corrected chi connectivity index (χ2v) is 7.31. The largest absolute Gasteiger partial charge is 0.490 e. The van der Waals surface area contributed by atoms with Crippen molar-refractivity contribution in [1.82, 2.24) is 4.98 Å². The summed E-state index contributed by atoms with van der Waals surface area (Å²) in [7, 11) is 0. The summed E-state index contributed by atoms with van der Waals surface area (Å²) in [6.07, 6.45) is 5.15. The molecule has 2 aromatic carbocycles. The fourth-order valence-electron chi connectivity index (χ4n) is 2.96. The van der Waals surface area contributed by atoms with Crippen molar-refractivity contribution in [2.45, 2.75) is 20.0 Å². The lowest BCUT2D eigenvalue weighted by molar-refractivity contribution is -0.385. The minimum absolute atomic E-state index is 0.0888. The molecule has 0 spiro atoms. The number of nitro groups is 1. The number of pyridine rings is 1. The third-order valence-electron chi connectivity index (χ3n) is 4.47. The summed E-state index contributed by atoms with van der Waals surface area (Å²) in [5.41, 5.74) is 5.34. The molecule has 0 bridgehead atoms.